The standard InChI is InChI=1S/C34H40N4O6/c1-21-15-26(39)16-22(2)27(21)18-28(37-33(43)44-34(3,4)5)32(42)38-20-24-12-10-9-11-23(24)17-29(38)31(41)35-19-30(40)36-25-13-7-6-8-14-25/h6-16,28-29,39H,17-20H2,1-5H3,(H,35,41)(H,36,40)(H,37,43)/t28-,29-/m0/s1. The summed E-state index contributed by atoms with van der Waals surface area (Å²) in [6.07, 6.45) is -0.409. The van der Waals surface area contributed by atoms with Gasteiger partial charge in [-0.2, -0.15) is 0 Å². The topological polar surface area (TPSA) is 137 Å². The van der Waals surface area contributed by atoms with Gasteiger partial charge in [0.05, 0.1) is 6.54 Å². The lowest BCUT2D eigenvalue weighted by Crippen LogP contribution is -2.58. The lowest BCUT2D eigenvalue weighted by atomic mass is 9.91. The van der Waals surface area contributed by atoms with Crippen molar-refractivity contribution in [3.63, 3.8) is 0 Å². The van der Waals surface area contributed by atoms with Crippen molar-refractivity contribution in [3.8, 4) is 5.75 Å². The summed E-state index contributed by atoms with van der Waals surface area (Å²) in [5.74, 6) is -1.25. The fourth-order valence-corrected chi connectivity index (χ4v) is 5.35. The van der Waals surface area contributed by atoms with Crippen molar-refractivity contribution in [2.45, 2.75) is 71.7 Å². The molecule has 1 heterocycles. The van der Waals surface area contributed by atoms with Crippen molar-refractivity contribution in [3.05, 3.63) is 94.5 Å². The second kappa shape index (κ2) is 13.6. The average Bonchev–Trinajstić information content (AvgIpc) is 2.95. The average molecular weight is 601 g/mol. The van der Waals surface area contributed by atoms with E-state index in [4.69, 9.17) is 4.74 Å². The summed E-state index contributed by atoms with van der Waals surface area (Å²) in [6, 6.07) is 17.7. The largest absolute Gasteiger partial charge is 0.508 e. The van der Waals surface area contributed by atoms with Gasteiger partial charge in [0.15, 0.2) is 0 Å². The van der Waals surface area contributed by atoms with E-state index in [-0.39, 0.29) is 31.7 Å². The number of anilines is 1. The van der Waals surface area contributed by atoms with Crippen LogP contribution in [-0.4, -0.2) is 58.1 Å². The molecule has 4 amide bonds. The van der Waals surface area contributed by atoms with Crippen molar-refractivity contribution in [1.82, 2.24) is 15.5 Å². The third-order valence-electron chi connectivity index (χ3n) is 7.39. The number of hydrogen-bond acceptors (Lipinski definition) is 6. The van der Waals surface area contributed by atoms with Gasteiger partial charge in [-0.05, 0) is 86.7 Å². The van der Waals surface area contributed by atoms with Crippen LogP contribution >= 0.6 is 0 Å². The van der Waals surface area contributed by atoms with Crippen LogP contribution in [0.1, 0.15) is 48.6 Å². The number of benzene rings is 3. The number of para-hydroxylation sites is 1. The highest BCUT2D eigenvalue weighted by molar-refractivity contribution is 5.97. The monoisotopic (exact) mass is 600 g/mol. The molecule has 3 aromatic carbocycles. The molecular weight excluding hydrogens is 560 g/mol. The highest BCUT2D eigenvalue weighted by Crippen LogP contribution is 2.27. The highest BCUT2D eigenvalue weighted by Gasteiger charge is 2.39. The number of aryl methyl sites for hydroxylation is 2. The molecule has 1 aliphatic rings. The van der Waals surface area contributed by atoms with Crippen LogP contribution in [0.25, 0.3) is 0 Å². The molecule has 0 aromatic heterocycles. The number of nitrogens with zero attached hydrogens (tertiary/aromatic N) is 1. The van der Waals surface area contributed by atoms with Gasteiger partial charge in [-0.25, -0.2) is 4.79 Å². The molecule has 0 unspecified atom stereocenters. The molecule has 4 rings (SSSR count). The Morgan fingerprint density at radius 1 is 0.955 bits per heavy atom. The van der Waals surface area contributed by atoms with Gasteiger partial charge in [0, 0.05) is 25.1 Å². The molecule has 4 N–H and O–H groups in total. The van der Waals surface area contributed by atoms with E-state index in [0.29, 0.717) is 5.69 Å². The lowest BCUT2D eigenvalue weighted by molar-refractivity contribution is -0.143. The Bertz CT molecular complexity index is 1510. The molecule has 0 saturated carbocycles. The second-order valence-corrected chi connectivity index (χ2v) is 12.0. The van der Waals surface area contributed by atoms with E-state index in [2.05, 4.69) is 16.0 Å². The van der Waals surface area contributed by atoms with Crippen LogP contribution in [0.3, 0.4) is 0 Å². The Balaban J connectivity index is 1.60. The van der Waals surface area contributed by atoms with Gasteiger partial charge in [-0.1, -0.05) is 42.5 Å². The minimum atomic E-state index is -1.08. The molecule has 0 saturated heterocycles. The number of phenolic OH excluding ortho intramolecular Hbond substituents is 1. The number of hydrogen-bond donors (Lipinski definition) is 4. The number of carbonyl (C=O) groups is 4. The van der Waals surface area contributed by atoms with E-state index >= 15 is 0 Å². The summed E-state index contributed by atoms with van der Waals surface area (Å²) >= 11 is 0. The van der Waals surface area contributed by atoms with E-state index in [1.165, 1.54) is 4.90 Å². The number of ether oxygens (including phenoxy) is 1. The molecule has 0 radical (unpaired) electrons. The van der Waals surface area contributed by atoms with Crippen LogP contribution in [0.15, 0.2) is 66.7 Å². The van der Waals surface area contributed by atoms with E-state index in [1.807, 2.05) is 44.2 Å². The van der Waals surface area contributed by atoms with E-state index < -0.39 is 41.5 Å². The fourth-order valence-electron chi connectivity index (χ4n) is 5.35. The summed E-state index contributed by atoms with van der Waals surface area (Å²) in [4.78, 5) is 54.9. The van der Waals surface area contributed by atoms with E-state index in [0.717, 1.165) is 27.8 Å². The van der Waals surface area contributed by atoms with Gasteiger partial charge in [0.1, 0.15) is 23.4 Å². The summed E-state index contributed by atoms with van der Waals surface area (Å²) in [5.41, 5.74) is 3.92. The Morgan fingerprint density at radius 3 is 2.20 bits per heavy atom. The maximum Gasteiger partial charge on any atom is 0.408 e. The van der Waals surface area contributed by atoms with Crippen LogP contribution in [-0.2, 0) is 38.5 Å². The van der Waals surface area contributed by atoms with Crippen molar-refractivity contribution in [2.24, 2.45) is 0 Å². The number of fused-ring (bicyclic) bond motifs is 1. The number of aromatic hydroxyl groups is 1. The number of rotatable bonds is 8. The Hall–Kier alpha value is -4.86. The molecule has 0 spiro atoms. The first-order valence-electron chi connectivity index (χ1n) is 14.6. The fraction of sp³-hybridized carbons (Fsp3) is 0.353. The molecule has 0 fully saturated rings. The predicted octanol–water partition coefficient (Wildman–Crippen LogP) is 4.15. The summed E-state index contributed by atoms with van der Waals surface area (Å²) in [7, 11) is 0. The molecule has 0 bridgehead atoms. The molecule has 10 heteroatoms. The van der Waals surface area contributed by atoms with Crippen LogP contribution in [0.2, 0.25) is 0 Å². The van der Waals surface area contributed by atoms with Gasteiger partial charge >= 0.3 is 6.09 Å². The molecule has 10 nitrogen and oxygen atoms in total. The SMILES string of the molecule is Cc1cc(O)cc(C)c1C[C@H](NC(=O)OC(C)(C)C)C(=O)N1Cc2ccccc2C[C@H]1C(=O)NCC(=O)Nc1ccccc1. The highest BCUT2D eigenvalue weighted by atomic mass is 16.6. The van der Waals surface area contributed by atoms with Gasteiger partial charge in [0.2, 0.25) is 17.7 Å². The van der Waals surface area contributed by atoms with Crippen molar-refractivity contribution in [1.29, 1.82) is 0 Å². The van der Waals surface area contributed by atoms with Crippen LogP contribution in [0.5, 0.6) is 5.75 Å². The first-order valence-corrected chi connectivity index (χ1v) is 14.6. The summed E-state index contributed by atoms with van der Waals surface area (Å²) in [5, 5.41) is 18.2. The van der Waals surface area contributed by atoms with Gasteiger partial charge in [-0.15, -0.1) is 0 Å². The number of nitrogens with one attached hydrogen (secondary N) is 3. The molecule has 44 heavy (non-hydrogen) atoms. The van der Waals surface area contributed by atoms with Crippen molar-refractivity contribution < 1.29 is 29.0 Å². The van der Waals surface area contributed by atoms with Gasteiger partial charge < -0.3 is 30.7 Å². The van der Waals surface area contributed by atoms with Crippen molar-refractivity contribution in [2.75, 3.05) is 11.9 Å². The van der Waals surface area contributed by atoms with Crippen LogP contribution in [0, 0.1) is 13.8 Å². The maximum absolute atomic E-state index is 14.3. The summed E-state index contributed by atoms with van der Waals surface area (Å²) in [6.45, 7) is 8.70. The van der Waals surface area contributed by atoms with Crippen LogP contribution < -0.4 is 16.0 Å². The molecule has 1 aliphatic heterocycles. The van der Waals surface area contributed by atoms with Crippen molar-refractivity contribution >= 4 is 29.5 Å². The molecule has 0 aliphatic carbocycles. The quantitative estimate of drug-likeness (QED) is 0.307. The number of amides is 4. The number of alkyl carbamates (subject to hydrolysis) is 1. The van der Waals surface area contributed by atoms with Gasteiger partial charge in [-0.3, -0.25) is 14.4 Å². The molecular formula is C34H40N4O6. The number of phenols is 1. The van der Waals surface area contributed by atoms with Crippen LogP contribution in [0.4, 0.5) is 10.5 Å². The maximum atomic E-state index is 14.3. The Labute approximate surface area is 257 Å². The minimum absolute atomic E-state index is 0.104. The predicted molar refractivity (Wildman–Crippen MR) is 167 cm³/mol. The molecule has 2 atom stereocenters. The normalized spacial score (nSPS) is 15.0. The third-order valence-corrected chi connectivity index (χ3v) is 7.39. The minimum Gasteiger partial charge on any atom is -0.508 e. The molecule has 232 valence electrons. The zero-order valence-electron chi connectivity index (χ0n) is 25.8. The first-order chi connectivity index (χ1) is 20.8. The first kappa shape index (κ1) is 32.1. The third kappa shape index (κ3) is 8.37. The smallest absolute Gasteiger partial charge is 0.408 e. The summed E-state index contributed by atoms with van der Waals surface area (Å²) < 4.78 is 5.48. The van der Waals surface area contributed by atoms with E-state index in [1.54, 1.807) is 57.2 Å². The molecule has 3 aromatic rings. The Kier molecular flexibility index (Phi) is 9.93. The number of carbonyl (C=O) groups excluding carboxylic acids is 4. The zero-order chi connectivity index (χ0) is 32.0. The lowest BCUT2D eigenvalue weighted by Gasteiger charge is -2.38. The Morgan fingerprint density at radius 2 is 1.57 bits per heavy atom. The zero-order valence-corrected chi connectivity index (χ0v) is 25.8. The second-order valence-electron chi connectivity index (χ2n) is 12.0. The van der Waals surface area contributed by atoms with Gasteiger partial charge in [0.25, 0.3) is 0 Å². The van der Waals surface area contributed by atoms with E-state index in [9.17, 15) is 24.3 Å².